The standard InChI is InChI=1S/C19H32N4O/c1-6-12-21-17(24)13-22-18(20-5)23-14-19(3,4)16-10-8-15(7-2)9-11-16/h8-11H,6-7,12-14H2,1-5H3,(H,21,24)(H2,20,22,23). The second kappa shape index (κ2) is 9.96. The normalized spacial score (nSPS) is 12.0. The van der Waals surface area contributed by atoms with Gasteiger partial charge in [-0.1, -0.05) is 52.0 Å². The number of carbonyl (C=O) groups is 1. The first kappa shape index (κ1) is 20.0. The van der Waals surface area contributed by atoms with Gasteiger partial charge in [-0.2, -0.15) is 0 Å². The Kier molecular flexibility index (Phi) is 8.30. The summed E-state index contributed by atoms with van der Waals surface area (Å²) in [4.78, 5) is 15.8. The molecule has 0 fully saturated rings. The fourth-order valence-electron chi connectivity index (χ4n) is 2.31. The second-order valence-corrected chi connectivity index (χ2v) is 6.56. The van der Waals surface area contributed by atoms with Gasteiger partial charge in [0.2, 0.25) is 5.91 Å². The highest BCUT2D eigenvalue weighted by atomic mass is 16.1. The van der Waals surface area contributed by atoms with E-state index in [1.165, 1.54) is 11.1 Å². The van der Waals surface area contributed by atoms with E-state index in [2.05, 4.69) is 66.0 Å². The quantitative estimate of drug-likeness (QED) is 0.505. The van der Waals surface area contributed by atoms with Crippen LogP contribution in [-0.4, -0.2) is 38.5 Å². The Morgan fingerprint density at radius 1 is 1.08 bits per heavy atom. The zero-order valence-corrected chi connectivity index (χ0v) is 15.7. The number of nitrogens with one attached hydrogen (secondary N) is 3. The van der Waals surface area contributed by atoms with E-state index in [-0.39, 0.29) is 17.9 Å². The topological polar surface area (TPSA) is 65.5 Å². The van der Waals surface area contributed by atoms with Crippen LogP contribution in [-0.2, 0) is 16.6 Å². The molecule has 134 valence electrons. The van der Waals surface area contributed by atoms with Gasteiger partial charge in [0, 0.05) is 25.6 Å². The Labute approximate surface area is 146 Å². The number of hydrogen-bond acceptors (Lipinski definition) is 2. The molecular weight excluding hydrogens is 300 g/mol. The Hall–Kier alpha value is -2.04. The average molecular weight is 332 g/mol. The van der Waals surface area contributed by atoms with E-state index in [9.17, 15) is 4.79 Å². The van der Waals surface area contributed by atoms with Gasteiger partial charge < -0.3 is 16.0 Å². The van der Waals surface area contributed by atoms with Gasteiger partial charge in [0.1, 0.15) is 0 Å². The number of carbonyl (C=O) groups excluding carboxylic acids is 1. The predicted octanol–water partition coefficient (Wildman–Crippen LogP) is 2.22. The van der Waals surface area contributed by atoms with Crippen LogP contribution in [0.5, 0.6) is 0 Å². The van der Waals surface area contributed by atoms with Crippen LogP contribution >= 0.6 is 0 Å². The van der Waals surface area contributed by atoms with E-state index in [1.807, 2.05) is 6.92 Å². The lowest BCUT2D eigenvalue weighted by atomic mass is 9.84. The summed E-state index contributed by atoms with van der Waals surface area (Å²) in [5.41, 5.74) is 2.59. The highest BCUT2D eigenvalue weighted by Gasteiger charge is 2.21. The molecule has 24 heavy (non-hydrogen) atoms. The van der Waals surface area contributed by atoms with Crippen LogP contribution < -0.4 is 16.0 Å². The molecule has 0 saturated carbocycles. The minimum absolute atomic E-state index is 0.0192. The number of benzene rings is 1. The molecule has 0 aliphatic heterocycles. The predicted molar refractivity (Wildman–Crippen MR) is 102 cm³/mol. The minimum atomic E-state index is -0.0334. The molecule has 0 aromatic heterocycles. The summed E-state index contributed by atoms with van der Waals surface area (Å²) in [5, 5.41) is 9.19. The first-order valence-corrected chi connectivity index (χ1v) is 8.73. The van der Waals surface area contributed by atoms with Crippen molar-refractivity contribution >= 4 is 11.9 Å². The molecule has 0 atom stereocenters. The number of nitrogens with zero attached hydrogens (tertiary/aromatic N) is 1. The van der Waals surface area contributed by atoms with Crippen LogP contribution in [0, 0.1) is 0 Å². The van der Waals surface area contributed by atoms with E-state index in [4.69, 9.17) is 0 Å². The Bertz CT molecular complexity index is 535. The fourth-order valence-corrected chi connectivity index (χ4v) is 2.31. The molecule has 1 amide bonds. The molecule has 0 heterocycles. The van der Waals surface area contributed by atoms with Crippen molar-refractivity contribution in [3.05, 3.63) is 35.4 Å². The maximum Gasteiger partial charge on any atom is 0.239 e. The maximum atomic E-state index is 11.6. The SMILES string of the molecule is CCCNC(=O)CNC(=NC)NCC(C)(C)c1ccc(CC)cc1. The Morgan fingerprint density at radius 3 is 2.29 bits per heavy atom. The molecule has 0 aliphatic rings. The molecule has 0 saturated heterocycles. The summed E-state index contributed by atoms with van der Waals surface area (Å²) in [6.45, 7) is 10.2. The van der Waals surface area contributed by atoms with Crippen molar-refractivity contribution in [2.75, 3.05) is 26.7 Å². The molecule has 1 aromatic carbocycles. The van der Waals surface area contributed by atoms with Gasteiger partial charge in [-0.05, 0) is 24.0 Å². The van der Waals surface area contributed by atoms with E-state index in [0.29, 0.717) is 12.5 Å². The Morgan fingerprint density at radius 2 is 1.75 bits per heavy atom. The van der Waals surface area contributed by atoms with Gasteiger partial charge in [-0.25, -0.2) is 0 Å². The highest BCUT2D eigenvalue weighted by molar-refractivity contribution is 5.86. The number of aliphatic imine (C=N–C) groups is 1. The first-order valence-electron chi connectivity index (χ1n) is 8.73. The van der Waals surface area contributed by atoms with Crippen LogP contribution in [0.4, 0.5) is 0 Å². The molecule has 1 aromatic rings. The lowest BCUT2D eigenvalue weighted by Crippen LogP contribution is -2.46. The van der Waals surface area contributed by atoms with Gasteiger partial charge >= 0.3 is 0 Å². The van der Waals surface area contributed by atoms with Gasteiger partial charge in [0.25, 0.3) is 0 Å². The number of aryl methyl sites for hydroxylation is 1. The molecular formula is C19H32N4O. The number of guanidine groups is 1. The molecule has 0 bridgehead atoms. The van der Waals surface area contributed by atoms with Crippen molar-refractivity contribution in [2.45, 2.75) is 46.0 Å². The molecule has 0 aliphatic carbocycles. The third-order valence-corrected chi connectivity index (χ3v) is 4.05. The fraction of sp³-hybridized carbons (Fsp3) is 0.579. The number of amides is 1. The molecule has 3 N–H and O–H groups in total. The second-order valence-electron chi connectivity index (χ2n) is 6.56. The van der Waals surface area contributed by atoms with Crippen LogP contribution in [0.1, 0.15) is 45.2 Å². The van der Waals surface area contributed by atoms with Gasteiger partial charge in [-0.15, -0.1) is 0 Å². The largest absolute Gasteiger partial charge is 0.356 e. The molecule has 1 rings (SSSR count). The zero-order valence-electron chi connectivity index (χ0n) is 15.7. The van der Waals surface area contributed by atoms with Crippen LogP contribution in [0.2, 0.25) is 0 Å². The minimum Gasteiger partial charge on any atom is -0.356 e. The molecule has 0 spiro atoms. The Balaban J connectivity index is 2.52. The highest BCUT2D eigenvalue weighted by Crippen LogP contribution is 2.22. The average Bonchev–Trinajstić information content (AvgIpc) is 2.60. The van der Waals surface area contributed by atoms with Crippen LogP contribution in [0.15, 0.2) is 29.3 Å². The molecule has 0 unspecified atom stereocenters. The van der Waals surface area contributed by atoms with Crippen molar-refractivity contribution < 1.29 is 4.79 Å². The summed E-state index contributed by atoms with van der Waals surface area (Å²) in [5.74, 6) is 0.620. The summed E-state index contributed by atoms with van der Waals surface area (Å²) < 4.78 is 0. The van der Waals surface area contributed by atoms with Crippen LogP contribution in [0.25, 0.3) is 0 Å². The lowest BCUT2D eigenvalue weighted by Gasteiger charge is -2.27. The van der Waals surface area contributed by atoms with E-state index in [1.54, 1.807) is 7.05 Å². The van der Waals surface area contributed by atoms with Crippen molar-refractivity contribution in [2.24, 2.45) is 4.99 Å². The third kappa shape index (κ3) is 6.60. The number of rotatable bonds is 8. The van der Waals surface area contributed by atoms with Crippen molar-refractivity contribution in [3.8, 4) is 0 Å². The third-order valence-electron chi connectivity index (χ3n) is 4.05. The van der Waals surface area contributed by atoms with E-state index < -0.39 is 0 Å². The maximum absolute atomic E-state index is 11.6. The monoisotopic (exact) mass is 332 g/mol. The molecule has 5 heteroatoms. The molecule has 0 radical (unpaired) electrons. The number of hydrogen-bond donors (Lipinski definition) is 3. The zero-order chi connectivity index (χ0) is 18.0. The summed E-state index contributed by atoms with van der Waals surface area (Å²) in [6.07, 6.45) is 1.99. The lowest BCUT2D eigenvalue weighted by molar-refractivity contribution is -0.120. The molecule has 5 nitrogen and oxygen atoms in total. The summed E-state index contributed by atoms with van der Waals surface area (Å²) >= 11 is 0. The summed E-state index contributed by atoms with van der Waals surface area (Å²) in [7, 11) is 1.71. The van der Waals surface area contributed by atoms with Crippen molar-refractivity contribution in [1.29, 1.82) is 0 Å². The van der Waals surface area contributed by atoms with Gasteiger partial charge in [0.05, 0.1) is 6.54 Å². The van der Waals surface area contributed by atoms with Gasteiger partial charge in [-0.3, -0.25) is 9.79 Å². The summed E-state index contributed by atoms with van der Waals surface area (Å²) in [6, 6.07) is 8.74. The van der Waals surface area contributed by atoms with Crippen molar-refractivity contribution in [3.63, 3.8) is 0 Å². The van der Waals surface area contributed by atoms with Crippen LogP contribution in [0.3, 0.4) is 0 Å². The van der Waals surface area contributed by atoms with Gasteiger partial charge in [0.15, 0.2) is 5.96 Å². The van der Waals surface area contributed by atoms with E-state index in [0.717, 1.165) is 19.4 Å². The van der Waals surface area contributed by atoms with E-state index >= 15 is 0 Å². The first-order chi connectivity index (χ1) is 11.4. The smallest absolute Gasteiger partial charge is 0.239 e. The van der Waals surface area contributed by atoms with Crippen molar-refractivity contribution in [1.82, 2.24) is 16.0 Å².